The molecule has 0 bridgehead atoms. The van der Waals surface area contributed by atoms with Crippen LogP contribution in [0.2, 0.25) is 5.02 Å². The average Bonchev–Trinajstić information content (AvgIpc) is 2.79. The number of thiophene rings is 1. The van der Waals surface area contributed by atoms with Crippen molar-refractivity contribution < 1.29 is 4.74 Å². The van der Waals surface area contributed by atoms with Crippen LogP contribution in [0.1, 0.15) is 32.1 Å². The quantitative estimate of drug-likeness (QED) is 0.849. The van der Waals surface area contributed by atoms with Crippen LogP contribution < -0.4 is 5.32 Å². The Balaban J connectivity index is 1.66. The second-order valence-corrected chi connectivity index (χ2v) is 7.78. The maximum atomic E-state index is 6.50. The summed E-state index contributed by atoms with van der Waals surface area (Å²) in [5.74, 6) is 0. The van der Waals surface area contributed by atoms with Crippen molar-refractivity contribution in [2.75, 3.05) is 6.61 Å². The fourth-order valence-corrected chi connectivity index (χ4v) is 4.56. The maximum absolute atomic E-state index is 6.50. The Morgan fingerprint density at radius 2 is 2.14 bits per heavy atom. The van der Waals surface area contributed by atoms with Gasteiger partial charge in [0, 0.05) is 39.6 Å². The zero-order valence-electron chi connectivity index (χ0n) is 12.8. The third kappa shape index (κ3) is 2.72. The van der Waals surface area contributed by atoms with Crippen molar-refractivity contribution in [2.45, 2.75) is 45.9 Å². The Morgan fingerprint density at radius 3 is 2.81 bits per heavy atom. The molecule has 2 unspecified atom stereocenters. The van der Waals surface area contributed by atoms with E-state index in [9.17, 15) is 0 Å². The molecule has 21 heavy (non-hydrogen) atoms. The molecule has 0 amide bonds. The Labute approximate surface area is 135 Å². The summed E-state index contributed by atoms with van der Waals surface area (Å²) in [6, 6.07) is 8.83. The summed E-state index contributed by atoms with van der Waals surface area (Å²) in [4.78, 5) is 1.23. The second kappa shape index (κ2) is 5.88. The van der Waals surface area contributed by atoms with Crippen molar-refractivity contribution in [3.05, 3.63) is 34.2 Å². The molecule has 1 aromatic carbocycles. The van der Waals surface area contributed by atoms with Gasteiger partial charge in [0.25, 0.3) is 0 Å². The Morgan fingerprint density at radius 1 is 1.38 bits per heavy atom. The molecule has 1 N–H and O–H groups in total. The molecule has 1 aliphatic rings. The van der Waals surface area contributed by atoms with Crippen LogP contribution >= 0.6 is 22.9 Å². The summed E-state index contributed by atoms with van der Waals surface area (Å²) in [5.41, 5.74) is 0.194. The van der Waals surface area contributed by atoms with E-state index in [-0.39, 0.29) is 5.41 Å². The number of fused-ring (bicyclic) bond motifs is 1. The number of benzene rings is 1. The number of halogens is 1. The van der Waals surface area contributed by atoms with Crippen molar-refractivity contribution in [3.63, 3.8) is 0 Å². The van der Waals surface area contributed by atoms with Gasteiger partial charge in [0.1, 0.15) is 0 Å². The highest BCUT2D eigenvalue weighted by atomic mass is 35.5. The van der Waals surface area contributed by atoms with Crippen LogP contribution in [0.25, 0.3) is 10.1 Å². The molecule has 4 heteroatoms. The van der Waals surface area contributed by atoms with E-state index in [1.807, 2.05) is 6.07 Å². The largest absolute Gasteiger partial charge is 0.378 e. The second-order valence-electron chi connectivity index (χ2n) is 6.27. The Kier molecular flexibility index (Phi) is 4.28. The zero-order valence-corrected chi connectivity index (χ0v) is 14.4. The highest BCUT2D eigenvalue weighted by molar-refractivity contribution is 7.19. The normalized spacial score (nSPS) is 24.2. The van der Waals surface area contributed by atoms with Crippen molar-refractivity contribution in [3.8, 4) is 0 Å². The minimum absolute atomic E-state index is 0.194. The number of ether oxygens (including phenoxy) is 1. The summed E-state index contributed by atoms with van der Waals surface area (Å²) >= 11 is 8.28. The van der Waals surface area contributed by atoms with Gasteiger partial charge in [-0.2, -0.15) is 0 Å². The van der Waals surface area contributed by atoms with E-state index >= 15 is 0 Å². The smallest absolute Gasteiger partial charge is 0.0655 e. The van der Waals surface area contributed by atoms with Crippen molar-refractivity contribution in [1.29, 1.82) is 0 Å². The molecule has 2 aromatic rings. The standard InChI is InChI=1S/C17H22ClNOS/c1-4-20-15-9-14(17(15,2)3)19-10-13-16(18)11-7-5-6-8-12(11)21-13/h5-8,14-15,19H,4,9-10H2,1-3H3. The highest BCUT2D eigenvalue weighted by Gasteiger charge is 2.48. The fraction of sp³-hybridized carbons (Fsp3) is 0.529. The molecule has 1 saturated carbocycles. The number of nitrogens with one attached hydrogen (secondary N) is 1. The zero-order chi connectivity index (χ0) is 15.0. The summed E-state index contributed by atoms with van der Waals surface area (Å²) in [6.45, 7) is 8.25. The van der Waals surface area contributed by atoms with Crippen molar-refractivity contribution in [1.82, 2.24) is 5.32 Å². The van der Waals surface area contributed by atoms with Crippen LogP contribution in [0.4, 0.5) is 0 Å². The van der Waals surface area contributed by atoms with E-state index in [0.29, 0.717) is 12.1 Å². The van der Waals surface area contributed by atoms with Gasteiger partial charge < -0.3 is 10.1 Å². The minimum Gasteiger partial charge on any atom is -0.378 e. The molecular weight excluding hydrogens is 302 g/mol. The average molecular weight is 324 g/mol. The van der Waals surface area contributed by atoms with Gasteiger partial charge in [0.2, 0.25) is 0 Å². The molecule has 0 spiro atoms. The van der Waals surface area contributed by atoms with E-state index in [2.05, 4.69) is 44.3 Å². The molecule has 0 radical (unpaired) electrons. The first kappa shape index (κ1) is 15.3. The fourth-order valence-electron chi connectivity index (χ4n) is 3.11. The molecule has 114 valence electrons. The molecule has 3 rings (SSSR count). The Hall–Kier alpha value is -0.610. The van der Waals surface area contributed by atoms with Gasteiger partial charge in [0.05, 0.1) is 11.1 Å². The first-order chi connectivity index (χ1) is 10.0. The molecular formula is C17H22ClNOS. The first-order valence-corrected chi connectivity index (χ1v) is 8.74. The van der Waals surface area contributed by atoms with Crippen LogP contribution in [-0.4, -0.2) is 18.8 Å². The minimum atomic E-state index is 0.194. The number of hydrogen-bond donors (Lipinski definition) is 1. The van der Waals surface area contributed by atoms with Gasteiger partial charge in [-0.25, -0.2) is 0 Å². The van der Waals surface area contributed by atoms with E-state index in [4.69, 9.17) is 16.3 Å². The molecule has 0 saturated heterocycles. The lowest BCUT2D eigenvalue weighted by Crippen LogP contribution is -2.60. The highest BCUT2D eigenvalue weighted by Crippen LogP contribution is 2.43. The van der Waals surface area contributed by atoms with Gasteiger partial charge in [0.15, 0.2) is 0 Å². The lowest BCUT2D eigenvalue weighted by Gasteiger charge is -2.52. The van der Waals surface area contributed by atoms with Gasteiger partial charge in [-0.15, -0.1) is 11.3 Å². The van der Waals surface area contributed by atoms with Gasteiger partial charge in [-0.1, -0.05) is 43.6 Å². The summed E-state index contributed by atoms with van der Waals surface area (Å²) in [5, 5.41) is 5.73. The third-order valence-electron chi connectivity index (χ3n) is 4.66. The van der Waals surface area contributed by atoms with Crippen LogP contribution in [0.3, 0.4) is 0 Å². The lowest BCUT2D eigenvalue weighted by molar-refractivity contribution is -0.114. The predicted molar refractivity (Wildman–Crippen MR) is 91.3 cm³/mol. The topological polar surface area (TPSA) is 21.3 Å². The van der Waals surface area contributed by atoms with Crippen molar-refractivity contribution in [2.24, 2.45) is 5.41 Å². The van der Waals surface area contributed by atoms with Crippen LogP contribution in [-0.2, 0) is 11.3 Å². The van der Waals surface area contributed by atoms with Crippen molar-refractivity contribution >= 4 is 33.0 Å². The third-order valence-corrected chi connectivity index (χ3v) is 6.37. The van der Waals surface area contributed by atoms with E-state index in [1.54, 1.807) is 11.3 Å². The van der Waals surface area contributed by atoms with Crippen LogP contribution in [0.5, 0.6) is 0 Å². The predicted octanol–water partition coefficient (Wildman–Crippen LogP) is 4.85. The molecule has 2 nitrogen and oxygen atoms in total. The Bertz CT molecular complexity index is 637. The monoisotopic (exact) mass is 323 g/mol. The summed E-state index contributed by atoms with van der Waals surface area (Å²) < 4.78 is 7.05. The summed E-state index contributed by atoms with van der Waals surface area (Å²) in [7, 11) is 0. The van der Waals surface area contributed by atoms with E-state index < -0.39 is 0 Å². The lowest BCUT2D eigenvalue weighted by atomic mass is 9.64. The molecule has 1 aliphatic carbocycles. The van der Waals surface area contributed by atoms with E-state index in [1.165, 1.54) is 15.0 Å². The molecule has 2 atom stereocenters. The number of rotatable bonds is 5. The maximum Gasteiger partial charge on any atom is 0.0655 e. The first-order valence-electron chi connectivity index (χ1n) is 7.55. The molecule has 1 aromatic heterocycles. The molecule has 1 heterocycles. The SMILES string of the molecule is CCOC1CC(NCc2sc3ccccc3c2Cl)C1(C)C. The van der Waals surface area contributed by atoms with Gasteiger partial charge >= 0.3 is 0 Å². The van der Waals surface area contributed by atoms with E-state index in [0.717, 1.165) is 24.6 Å². The molecule has 0 aliphatic heterocycles. The van der Waals surface area contributed by atoms with Gasteiger partial charge in [-0.3, -0.25) is 0 Å². The van der Waals surface area contributed by atoms with Gasteiger partial charge in [-0.05, 0) is 19.4 Å². The molecule has 1 fully saturated rings. The number of hydrogen-bond acceptors (Lipinski definition) is 3. The summed E-state index contributed by atoms with van der Waals surface area (Å²) in [6.07, 6.45) is 1.46. The van der Waals surface area contributed by atoms with Crippen LogP contribution in [0.15, 0.2) is 24.3 Å². The van der Waals surface area contributed by atoms with Crippen LogP contribution in [0, 0.1) is 5.41 Å².